The molecule has 292 valence electrons. The molecule has 0 saturated heterocycles. The van der Waals surface area contributed by atoms with Crippen molar-refractivity contribution in [1.29, 1.82) is 0 Å². The zero-order chi connectivity index (χ0) is 41.2. The second-order valence-corrected chi connectivity index (χ2v) is 15.8. The van der Waals surface area contributed by atoms with Crippen LogP contribution in [0.1, 0.15) is 0 Å². The first-order valence-corrected chi connectivity index (χ1v) is 21.2. The fourth-order valence-corrected chi connectivity index (χ4v) is 8.88. The molecule has 1 aromatic heterocycles. The van der Waals surface area contributed by atoms with Crippen LogP contribution in [0, 0.1) is 0 Å². The van der Waals surface area contributed by atoms with Gasteiger partial charge in [0.05, 0.1) is 11.0 Å². The summed E-state index contributed by atoms with van der Waals surface area (Å²) < 4.78 is 2.38. The van der Waals surface area contributed by atoms with Crippen LogP contribution in [-0.2, 0) is 0 Å². The Labute approximate surface area is 362 Å². The highest BCUT2D eigenvalue weighted by molar-refractivity contribution is 6.09. The summed E-state index contributed by atoms with van der Waals surface area (Å²) >= 11 is 0. The van der Waals surface area contributed by atoms with Crippen molar-refractivity contribution in [1.82, 2.24) is 4.57 Å². The molecule has 0 aliphatic carbocycles. The van der Waals surface area contributed by atoms with Crippen LogP contribution < -0.4 is 4.90 Å². The molecule has 10 aromatic carbocycles. The van der Waals surface area contributed by atoms with Gasteiger partial charge in [0.1, 0.15) is 0 Å². The average Bonchev–Trinajstić information content (AvgIpc) is 3.70. The Morgan fingerprint density at radius 1 is 0.226 bits per heavy atom. The molecule has 0 atom stereocenters. The molecular weight excluding hydrogens is 749 g/mol. The SMILES string of the molecule is c1ccc(-c2ccc(-c3cccc(-c4ccc(N(c5ccc(-c6ccccc6)cc5)c5ccc(-c6cccc(-n7c8ccccc8c8ccccc87)c6)cc5)cc4)c3)cc2)cc1. The normalized spacial score (nSPS) is 11.2. The minimum atomic E-state index is 1.09. The van der Waals surface area contributed by atoms with Crippen LogP contribution in [-0.4, -0.2) is 4.57 Å². The van der Waals surface area contributed by atoms with E-state index in [2.05, 4.69) is 264 Å². The molecule has 0 aliphatic heterocycles. The summed E-state index contributed by atoms with van der Waals surface area (Å²) in [4.78, 5) is 2.35. The minimum absolute atomic E-state index is 1.09. The number of hydrogen-bond donors (Lipinski definition) is 0. The molecular formula is C60H42N2. The Kier molecular flexibility index (Phi) is 9.57. The monoisotopic (exact) mass is 790 g/mol. The van der Waals surface area contributed by atoms with Crippen molar-refractivity contribution < 1.29 is 0 Å². The predicted molar refractivity (Wildman–Crippen MR) is 263 cm³/mol. The highest BCUT2D eigenvalue weighted by Crippen LogP contribution is 2.39. The summed E-state index contributed by atoms with van der Waals surface area (Å²) in [6, 6.07) is 91.9. The lowest BCUT2D eigenvalue weighted by Crippen LogP contribution is -2.09. The number of para-hydroxylation sites is 2. The number of aromatic nitrogens is 1. The Bertz CT molecular complexity index is 3240. The number of hydrogen-bond acceptors (Lipinski definition) is 1. The summed E-state index contributed by atoms with van der Waals surface area (Å²) in [6.45, 7) is 0. The lowest BCUT2D eigenvalue weighted by Gasteiger charge is -2.26. The summed E-state index contributed by atoms with van der Waals surface area (Å²) in [5, 5.41) is 2.53. The first-order valence-electron chi connectivity index (χ1n) is 21.2. The lowest BCUT2D eigenvalue weighted by molar-refractivity contribution is 1.18. The van der Waals surface area contributed by atoms with Crippen LogP contribution in [0.3, 0.4) is 0 Å². The summed E-state index contributed by atoms with van der Waals surface area (Å²) in [5.74, 6) is 0. The predicted octanol–water partition coefficient (Wildman–Crippen LogP) is 16.6. The molecule has 11 aromatic rings. The summed E-state index contributed by atoms with van der Waals surface area (Å²) in [7, 11) is 0. The average molecular weight is 791 g/mol. The molecule has 0 bridgehead atoms. The van der Waals surface area contributed by atoms with Crippen LogP contribution in [0.2, 0.25) is 0 Å². The lowest BCUT2D eigenvalue weighted by atomic mass is 9.97. The molecule has 2 heteroatoms. The van der Waals surface area contributed by atoms with Gasteiger partial charge in [0.15, 0.2) is 0 Å². The quantitative estimate of drug-likeness (QED) is 0.141. The number of benzene rings is 10. The molecule has 62 heavy (non-hydrogen) atoms. The maximum absolute atomic E-state index is 2.38. The molecule has 0 radical (unpaired) electrons. The van der Waals surface area contributed by atoms with Crippen molar-refractivity contribution in [3.05, 3.63) is 255 Å². The fourth-order valence-electron chi connectivity index (χ4n) is 8.88. The van der Waals surface area contributed by atoms with E-state index in [0.29, 0.717) is 0 Å². The van der Waals surface area contributed by atoms with E-state index in [4.69, 9.17) is 0 Å². The van der Waals surface area contributed by atoms with Gasteiger partial charge in [-0.25, -0.2) is 0 Å². The van der Waals surface area contributed by atoms with Crippen LogP contribution >= 0.6 is 0 Å². The third kappa shape index (κ3) is 7.04. The van der Waals surface area contributed by atoms with Crippen molar-refractivity contribution in [2.75, 3.05) is 4.90 Å². The Balaban J connectivity index is 0.920. The number of nitrogens with zero attached hydrogens (tertiary/aromatic N) is 2. The van der Waals surface area contributed by atoms with Gasteiger partial charge < -0.3 is 9.47 Å². The van der Waals surface area contributed by atoms with Gasteiger partial charge in [0.25, 0.3) is 0 Å². The molecule has 0 fully saturated rings. The Morgan fingerprint density at radius 2 is 0.532 bits per heavy atom. The topological polar surface area (TPSA) is 8.17 Å². The van der Waals surface area contributed by atoms with Crippen molar-refractivity contribution in [2.45, 2.75) is 0 Å². The molecule has 0 unspecified atom stereocenters. The van der Waals surface area contributed by atoms with E-state index in [0.717, 1.165) is 22.7 Å². The zero-order valence-corrected chi connectivity index (χ0v) is 34.1. The third-order valence-electron chi connectivity index (χ3n) is 12.0. The van der Waals surface area contributed by atoms with E-state index in [1.165, 1.54) is 77.4 Å². The molecule has 0 spiro atoms. The highest BCUT2D eigenvalue weighted by Gasteiger charge is 2.16. The van der Waals surface area contributed by atoms with E-state index < -0.39 is 0 Å². The van der Waals surface area contributed by atoms with Crippen molar-refractivity contribution in [2.24, 2.45) is 0 Å². The van der Waals surface area contributed by atoms with Crippen LogP contribution in [0.25, 0.3) is 83.1 Å². The largest absolute Gasteiger partial charge is 0.311 e. The highest BCUT2D eigenvalue weighted by atomic mass is 15.1. The van der Waals surface area contributed by atoms with Gasteiger partial charge in [0, 0.05) is 33.5 Å². The van der Waals surface area contributed by atoms with Gasteiger partial charge in [0.2, 0.25) is 0 Å². The summed E-state index contributed by atoms with van der Waals surface area (Å²) in [6.07, 6.45) is 0. The van der Waals surface area contributed by atoms with Crippen molar-refractivity contribution >= 4 is 38.9 Å². The van der Waals surface area contributed by atoms with Crippen LogP contribution in [0.4, 0.5) is 17.1 Å². The van der Waals surface area contributed by atoms with E-state index >= 15 is 0 Å². The second kappa shape index (κ2) is 16.1. The van der Waals surface area contributed by atoms with E-state index in [9.17, 15) is 0 Å². The maximum atomic E-state index is 2.38. The maximum Gasteiger partial charge on any atom is 0.0541 e. The Morgan fingerprint density at radius 3 is 0.968 bits per heavy atom. The molecule has 0 amide bonds. The van der Waals surface area contributed by atoms with Crippen LogP contribution in [0.15, 0.2) is 255 Å². The standard InChI is InChI=1S/C60H42N2/c1-3-13-43(14-4-1)45-25-27-47(28-26-45)50-17-11-18-51(41-50)48-31-37-54(38-32-48)61(53-35-29-46(30-36-53)44-15-5-2-6-16-44)55-39-33-49(34-40-55)52-19-12-20-56(42-52)62-59-23-9-7-21-57(59)58-22-8-10-24-60(58)62/h1-42H. The first kappa shape index (κ1) is 36.8. The van der Waals surface area contributed by atoms with Gasteiger partial charge in [-0.3, -0.25) is 0 Å². The fraction of sp³-hybridized carbons (Fsp3) is 0. The smallest absolute Gasteiger partial charge is 0.0541 e. The van der Waals surface area contributed by atoms with Gasteiger partial charge in [-0.2, -0.15) is 0 Å². The van der Waals surface area contributed by atoms with Crippen LogP contribution in [0.5, 0.6) is 0 Å². The van der Waals surface area contributed by atoms with Gasteiger partial charge >= 0.3 is 0 Å². The van der Waals surface area contributed by atoms with Gasteiger partial charge in [-0.05, 0) is 122 Å². The molecule has 2 nitrogen and oxygen atoms in total. The minimum Gasteiger partial charge on any atom is -0.311 e. The Hall–Kier alpha value is -8.20. The molecule has 0 saturated carbocycles. The van der Waals surface area contributed by atoms with Gasteiger partial charge in [-0.1, -0.05) is 188 Å². The number of fused-ring (bicyclic) bond motifs is 3. The first-order chi connectivity index (χ1) is 30.7. The zero-order valence-electron chi connectivity index (χ0n) is 34.1. The van der Waals surface area contributed by atoms with Gasteiger partial charge in [-0.15, -0.1) is 0 Å². The second-order valence-electron chi connectivity index (χ2n) is 15.8. The third-order valence-corrected chi connectivity index (χ3v) is 12.0. The van der Waals surface area contributed by atoms with E-state index in [1.807, 2.05) is 0 Å². The molecule has 0 N–H and O–H groups in total. The summed E-state index contributed by atoms with van der Waals surface area (Å²) in [5.41, 5.74) is 18.8. The van der Waals surface area contributed by atoms with E-state index in [-0.39, 0.29) is 0 Å². The molecule has 0 aliphatic rings. The van der Waals surface area contributed by atoms with Crippen molar-refractivity contribution in [3.8, 4) is 61.3 Å². The molecule has 11 rings (SSSR count). The molecule has 1 heterocycles. The van der Waals surface area contributed by atoms with Crippen molar-refractivity contribution in [3.63, 3.8) is 0 Å². The van der Waals surface area contributed by atoms with E-state index in [1.54, 1.807) is 0 Å². The number of rotatable bonds is 9. The number of anilines is 3.